The van der Waals surface area contributed by atoms with E-state index in [-0.39, 0.29) is 5.41 Å². The first-order valence-electron chi connectivity index (χ1n) is 7.38. The molecule has 108 valence electrons. The van der Waals surface area contributed by atoms with Gasteiger partial charge in [0.25, 0.3) is 0 Å². The summed E-state index contributed by atoms with van der Waals surface area (Å²) in [5.41, 5.74) is -0.00368. The van der Waals surface area contributed by atoms with Crippen LogP contribution in [0.3, 0.4) is 0 Å². The van der Waals surface area contributed by atoms with Crippen molar-refractivity contribution in [1.29, 1.82) is 0 Å². The van der Waals surface area contributed by atoms with E-state index in [0.717, 1.165) is 11.5 Å². The molecule has 0 spiro atoms. The maximum Gasteiger partial charge on any atom is 0.150 e. The van der Waals surface area contributed by atoms with Gasteiger partial charge in [0.15, 0.2) is 0 Å². The van der Waals surface area contributed by atoms with Gasteiger partial charge in [-0.1, -0.05) is 24.3 Å². The minimum absolute atomic E-state index is 0.00368. The van der Waals surface area contributed by atoms with E-state index in [1.807, 2.05) is 22.7 Å². The summed E-state index contributed by atoms with van der Waals surface area (Å²) >= 11 is 3.72. The average Bonchev–Trinajstić information content (AvgIpc) is 3.08. The Bertz CT molecular complexity index is 954. The van der Waals surface area contributed by atoms with Crippen LogP contribution in [0, 0.1) is 0 Å². The van der Waals surface area contributed by atoms with Crippen molar-refractivity contribution < 1.29 is 4.74 Å². The minimum atomic E-state index is -0.00368. The molecule has 3 heterocycles. The number of rotatable bonds is 0. The van der Waals surface area contributed by atoms with E-state index in [9.17, 15) is 0 Å². The van der Waals surface area contributed by atoms with Crippen molar-refractivity contribution in [2.24, 2.45) is 0 Å². The summed E-state index contributed by atoms with van der Waals surface area (Å²) in [6, 6.07) is 17.1. The molecule has 0 saturated carbocycles. The highest BCUT2D eigenvalue weighted by Crippen LogP contribution is 2.58. The van der Waals surface area contributed by atoms with Crippen molar-refractivity contribution >= 4 is 42.8 Å². The van der Waals surface area contributed by atoms with Crippen LogP contribution in [0.5, 0.6) is 11.5 Å². The fourth-order valence-electron chi connectivity index (χ4n) is 3.27. The summed E-state index contributed by atoms with van der Waals surface area (Å²) < 4.78 is 9.05. The molecular formula is C19H14OS2. The van der Waals surface area contributed by atoms with E-state index in [1.165, 1.54) is 29.9 Å². The lowest BCUT2D eigenvalue weighted by molar-refractivity contribution is 0.441. The second kappa shape index (κ2) is 4.12. The lowest BCUT2D eigenvalue weighted by Gasteiger charge is -2.29. The smallest absolute Gasteiger partial charge is 0.150 e. The third kappa shape index (κ3) is 1.48. The fourth-order valence-corrected chi connectivity index (χ4v) is 5.82. The normalized spacial score (nSPS) is 15.5. The molecule has 3 heteroatoms. The molecule has 0 fully saturated rings. The van der Waals surface area contributed by atoms with Crippen LogP contribution >= 0.6 is 22.7 Å². The van der Waals surface area contributed by atoms with Gasteiger partial charge in [0.05, 0.1) is 9.75 Å². The van der Waals surface area contributed by atoms with E-state index >= 15 is 0 Å². The van der Waals surface area contributed by atoms with E-state index in [4.69, 9.17) is 4.74 Å². The molecule has 0 saturated heterocycles. The van der Waals surface area contributed by atoms with Crippen LogP contribution in [0.25, 0.3) is 20.2 Å². The van der Waals surface area contributed by atoms with Crippen LogP contribution < -0.4 is 4.74 Å². The van der Waals surface area contributed by atoms with E-state index < -0.39 is 0 Å². The van der Waals surface area contributed by atoms with Crippen LogP contribution in [0.4, 0.5) is 0 Å². The molecule has 0 amide bonds. The summed E-state index contributed by atoms with van der Waals surface area (Å²) in [7, 11) is 0. The number of thiophene rings is 2. The molecule has 0 unspecified atom stereocenters. The van der Waals surface area contributed by atoms with Crippen LogP contribution in [0.15, 0.2) is 48.5 Å². The zero-order chi connectivity index (χ0) is 14.9. The fraction of sp³-hybridized carbons (Fsp3) is 0.158. The maximum absolute atomic E-state index is 6.44. The number of ether oxygens (including phenoxy) is 1. The topological polar surface area (TPSA) is 9.23 Å². The first kappa shape index (κ1) is 12.7. The highest BCUT2D eigenvalue weighted by molar-refractivity contribution is 7.21. The van der Waals surface area contributed by atoms with Crippen molar-refractivity contribution in [1.82, 2.24) is 0 Å². The van der Waals surface area contributed by atoms with Gasteiger partial charge in [-0.3, -0.25) is 0 Å². The van der Waals surface area contributed by atoms with Crippen LogP contribution in [0.2, 0.25) is 0 Å². The first-order chi connectivity index (χ1) is 10.7. The van der Waals surface area contributed by atoms with Crippen LogP contribution in [0.1, 0.15) is 23.6 Å². The molecule has 1 aliphatic rings. The Morgan fingerprint density at radius 2 is 1.18 bits per heavy atom. The molecule has 0 radical (unpaired) electrons. The van der Waals surface area contributed by atoms with Gasteiger partial charge < -0.3 is 4.74 Å². The number of hydrogen-bond donors (Lipinski definition) is 0. The Hall–Kier alpha value is -1.84. The summed E-state index contributed by atoms with van der Waals surface area (Å²) in [5.74, 6) is 2.11. The largest absolute Gasteiger partial charge is 0.454 e. The van der Waals surface area contributed by atoms with Crippen molar-refractivity contribution in [3.05, 3.63) is 58.3 Å². The van der Waals surface area contributed by atoms with Gasteiger partial charge in [0.2, 0.25) is 0 Å². The molecule has 1 nitrogen and oxygen atoms in total. The standard InChI is InChI=1S/C19H14OS2/c1-19(2)17-15(11-7-3-5-9-13(11)21-17)20-16-12-8-4-6-10-14(12)22-18(16)19/h3-10H,1-2H3. The number of benzene rings is 2. The Labute approximate surface area is 136 Å². The zero-order valence-electron chi connectivity index (χ0n) is 12.3. The predicted molar refractivity (Wildman–Crippen MR) is 95.9 cm³/mol. The molecule has 22 heavy (non-hydrogen) atoms. The third-order valence-corrected chi connectivity index (χ3v) is 7.39. The highest BCUT2D eigenvalue weighted by Gasteiger charge is 2.39. The molecule has 0 atom stereocenters. The van der Waals surface area contributed by atoms with Gasteiger partial charge >= 0.3 is 0 Å². The molecule has 0 bridgehead atoms. The second-order valence-corrected chi connectivity index (χ2v) is 8.34. The molecular weight excluding hydrogens is 308 g/mol. The Kier molecular flexibility index (Phi) is 2.37. The first-order valence-corrected chi connectivity index (χ1v) is 9.01. The lowest BCUT2D eigenvalue weighted by atomic mass is 9.86. The molecule has 5 rings (SSSR count). The van der Waals surface area contributed by atoms with Gasteiger partial charge in [-0.2, -0.15) is 0 Å². The quantitative estimate of drug-likeness (QED) is 0.357. The predicted octanol–water partition coefficient (Wildman–Crippen LogP) is 6.55. The third-order valence-electron chi connectivity index (χ3n) is 4.44. The molecule has 0 N–H and O–H groups in total. The van der Waals surface area contributed by atoms with Gasteiger partial charge in [-0.05, 0) is 38.1 Å². The van der Waals surface area contributed by atoms with Gasteiger partial charge in [0, 0.05) is 25.6 Å². The summed E-state index contributed by atoms with van der Waals surface area (Å²) in [5, 5.41) is 2.47. The SMILES string of the molecule is CC1(C)c2sc3ccccc3c2Oc2c1sc1ccccc21. The monoisotopic (exact) mass is 322 g/mol. The van der Waals surface area contributed by atoms with E-state index in [2.05, 4.69) is 62.4 Å². The molecule has 2 aromatic heterocycles. The second-order valence-electron chi connectivity index (χ2n) is 6.24. The van der Waals surface area contributed by atoms with Crippen molar-refractivity contribution in [3.63, 3.8) is 0 Å². The van der Waals surface area contributed by atoms with Crippen molar-refractivity contribution in [2.75, 3.05) is 0 Å². The summed E-state index contributed by atoms with van der Waals surface area (Å²) in [6.07, 6.45) is 0. The Morgan fingerprint density at radius 1 is 0.727 bits per heavy atom. The lowest BCUT2D eigenvalue weighted by Crippen LogP contribution is -2.20. The van der Waals surface area contributed by atoms with E-state index in [0.29, 0.717) is 0 Å². The van der Waals surface area contributed by atoms with Gasteiger partial charge in [-0.15, -0.1) is 22.7 Å². The molecule has 4 aromatic rings. The summed E-state index contributed by atoms with van der Waals surface area (Å²) in [6.45, 7) is 4.63. The van der Waals surface area contributed by atoms with Gasteiger partial charge in [0.1, 0.15) is 11.5 Å². The van der Waals surface area contributed by atoms with Crippen molar-refractivity contribution in [3.8, 4) is 11.5 Å². The Balaban J connectivity index is 1.89. The van der Waals surface area contributed by atoms with Gasteiger partial charge in [-0.25, -0.2) is 0 Å². The van der Waals surface area contributed by atoms with E-state index in [1.54, 1.807) is 0 Å². The Morgan fingerprint density at radius 3 is 1.68 bits per heavy atom. The minimum Gasteiger partial charge on any atom is -0.454 e. The summed E-state index contributed by atoms with van der Waals surface area (Å²) in [4.78, 5) is 2.68. The highest BCUT2D eigenvalue weighted by atomic mass is 32.1. The van der Waals surface area contributed by atoms with Crippen LogP contribution in [-0.4, -0.2) is 0 Å². The molecule has 0 aliphatic carbocycles. The van der Waals surface area contributed by atoms with Crippen LogP contribution in [-0.2, 0) is 5.41 Å². The molecule has 1 aliphatic heterocycles. The number of hydrogen-bond acceptors (Lipinski definition) is 3. The molecule has 2 aromatic carbocycles. The zero-order valence-corrected chi connectivity index (χ0v) is 14.0. The average molecular weight is 322 g/mol. The van der Waals surface area contributed by atoms with Crippen molar-refractivity contribution in [2.45, 2.75) is 19.3 Å². The maximum atomic E-state index is 6.44. The number of fused-ring (bicyclic) bond motifs is 6.